The molecule has 0 unspecified atom stereocenters. The average Bonchev–Trinajstić information content (AvgIpc) is 2.93. The highest BCUT2D eigenvalue weighted by atomic mass is 79.9. The van der Waals surface area contributed by atoms with E-state index in [9.17, 15) is 4.79 Å². The maximum absolute atomic E-state index is 11.6. The van der Waals surface area contributed by atoms with E-state index in [1.807, 2.05) is 11.4 Å². The van der Waals surface area contributed by atoms with Gasteiger partial charge in [0.25, 0.3) is 5.91 Å². The Balaban J connectivity index is 2.16. The summed E-state index contributed by atoms with van der Waals surface area (Å²) >= 11 is 6.41. The van der Waals surface area contributed by atoms with Gasteiger partial charge in [-0.05, 0) is 22.0 Å². The summed E-state index contributed by atoms with van der Waals surface area (Å²) in [5, 5.41) is 7.13. The van der Waals surface area contributed by atoms with Gasteiger partial charge in [0, 0.05) is 15.2 Å². The second-order valence-electron chi connectivity index (χ2n) is 3.05. The van der Waals surface area contributed by atoms with Crippen LogP contribution in [0.4, 0.5) is 0 Å². The predicted octanol–water partition coefficient (Wildman–Crippen LogP) is 3.00. The summed E-state index contributed by atoms with van der Waals surface area (Å²) in [5.41, 5.74) is 0.407. The van der Waals surface area contributed by atoms with Gasteiger partial charge in [-0.1, -0.05) is 5.92 Å². The average molecular weight is 327 g/mol. The van der Waals surface area contributed by atoms with Crippen LogP contribution in [0, 0.1) is 12.3 Å². The number of nitrogens with zero attached hydrogens (tertiary/aromatic N) is 1. The summed E-state index contributed by atoms with van der Waals surface area (Å²) in [6.45, 7) is 0.218. The third-order valence-corrected chi connectivity index (χ3v) is 4.57. The van der Waals surface area contributed by atoms with Gasteiger partial charge in [0.05, 0.1) is 11.4 Å². The molecule has 86 valence electrons. The monoisotopic (exact) mass is 326 g/mol. The lowest BCUT2D eigenvalue weighted by Gasteiger charge is -1.95. The normalized spacial score (nSPS) is 9.88. The highest BCUT2D eigenvalue weighted by molar-refractivity contribution is 9.10. The van der Waals surface area contributed by atoms with Crippen molar-refractivity contribution in [3.05, 3.63) is 27.0 Å². The number of hydrogen-bond donors (Lipinski definition) is 1. The second-order valence-corrected chi connectivity index (χ2v) is 5.74. The molecule has 0 aliphatic carbocycles. The van der Waals surface area contributed by atoms with Gasteiger partial charge in [-0.15, -0.1) is 29.1 Å². The van der Waals surface area contributed by atoms with Gasteiger partial charge >= 0.3 is 0 Å². The fraction of sp³-hybridized carbons (Fsp3) is 0.0909. The zero-order valence-corrected chi connectivity index (χ0v) is 11.8. The quantitative estimate of drug-likeness (QED) is 0.881. The number of carbonyl (C=O) groups excluding carboxylic acids is 1. The Morgan fingerprint density at radius 3 is 3.00 bits per heavy atom. The summed E-state index contributed by atoms with van der Waals surface area (Å²) in [4.78, 5) is 16.9. The molecule has 17 heavy (non-hydrogen) atoms. The number of halogens is 1. The SMILES string of the molecule is C#CCNC(=O)c1csc(-c2cc(Br)cs2)n1. The molecule has 2 aromatic heterocycles. The maximum Gasteiger partial charge on any atom is 0.271 e. The molecule has 0 saturated heterocycles. The first-order valence-electron chi connectivity index (χ1n) is 4.62. The van der Waals surface area contributed by atoms with Crippen LogP contribution in [0.15, 0.2) is 21.3 Å². The number of thiazole rings is 1. The number of carbonyl (C=O) groups is 1. The molecule has 0 saturated carbocycles. The Kier molecular flexibility index (Phi) is 3.94. The fourth-order valence-corrected chi connectivity index (χ4v) is 3.45. The van der Waals surface area contributed by atoms with E-state index in [1.165, 1.54) is 11.3 Å². The Hall–Kier alpha value is -1.16. The molecule has 0 radical (unpaired) electrons. The Bertz CT molecular complexity index is 582. The summed E-state index contributed by atoms with van der Waals surface area (Å²) in [6.07, 6.45) is 5.07. The topological polar surface area (TPSA) is 42.0 Å². The van der Waals surface area contributed by atoms with Crippen LogP contribution in [0.25, 0.3) is 9.88 Å². The zero-order chi connectivity index (χ0) is 12.3. The number of hydrogen-bond acceptors (Lipinski definition) is 4. The van der Waals surface area contributed by atoms with Crippen LogP contribution in [-0.2, 0) is 0 Å². The van der Waals surface area contributed by atoms with Crippen LogP contribution >= 0.6 is 38.6 Å². The van der Waals surface area contributed by atoms with Gasteiger partial charge < -0.3 is 5.32 Å². The molecule has 2 rings (SSSR count). The van der Waals surface area contributed by atoms with Crippen molar-refractivity contribution in [3.63, 3.8) is 0 Å². The van der Waals surface area contributed by atoms with Crippen molar-refractivity contribution in [3.8, 4) is 22.2 Å². The molecule has 0 aromatic carbocycles. The van der Waals surface area contributed by atoms with Crippen molar-refractivity contribution in [1.82, 2.24) is 10.3 Å². The molecule has 0 aliphatic rings. The minimum Gasteiger partial charge on any atom is -0.340 e. The Morgan fingerprint density at radius 1 is 1.53 bits per heavy atom. The first kappa shape index (κ1) is 12.3. The van der Waals surface area contributed by atoms with Crippen molar-refractivity contribution in [2.45, 2.75) is 0 Å². The van der Waals surface area contributed by atoms with Crippen LogP contribution in [0.2, 0.25) is 0 Å². The highest BCUT2D eigenvalue weighted by Gasteiger charge is 2.12. The molecular formula is C11H7BrN2OS2. The number of amides is 1. The lowest BCUT2D eigenvalue weighted by atomic mass is 10.4. The van der Waals surface area contributed by atoms with Gasteiger partial charge in [-0.2, -0.15) is 0 Å². The van der Waals surface area contributed by atoms with Gasteiger partial charge in [-0.3, -0.25) is 4.79 Å². The molecule has 0 bridgehead atoms. The number of thiophene rings is 1. The molecule has 6 heteroatoms. The lowest BCUT2D eigenvalue weighted by molar-refractivity contribution is 0.0954. The first-order chi connectivity index (χ1) is 8.20. The molecule has 1 N–H and O–H groups in total. The van der Waals surface area contributed by atoms with Crippen LogP contribution in [0.3, 0.4) is 0 Å². The Morgan fingerprint density at radius 2 is 2.35 bits per heavy atom. The zero-order valence-electron chi connectivity index (χ0n) is 8.57. The van der Waals surface area contributed by atoms with E-state index in [0.29, 0.717) is 5.69 Å². The molecule has 0 spiro atoms. The number of aromatic nitrogens is 1. The first-order valence-corrected chi connectivity index (χ1v) is 7.17. The number of rotatable bonds is 3. The third-order valence-electron chi connectivity index (χ3n) is 1.87. The van der Waals surface area contributed by atoms with Crippen LogP contribution in [0.5, 0.6) is 0 Å². The van der Waals surface area contributed by atoms with Crippen molar-refractivity contribution in [2.75, 3.05) is 6.54 Å². The van der Waals surface area contributed by atoms with Gasteiger partial charge in [0.2, 0.25) is 0 Å². The van der Waals surface area contributed by atoms with Crippen molar-refractivity contribution in [1.29, 1.82) is 0 Å². The van der Waals surface area contributed by atoms with Gasteiger partial charge in [0.15, 0.2) is 0 Å². The van der Waals surface area contributed by atoms with E-state index in [1.54, 1.807) is 16.7 Å². The molecular weight excluding hydrogens is 320 g/mol. The number of nitrogens with one attached hydrogen (secondary N) is 1. The standard InChI is InChI=1S/C11H7BrN2OS2/c1-2-3-13-10(15)8-6-17-11(14-8)9-4-7(12)5-16-9/h1,4-6H,3H2,(H,13,15). The lowest BCUT2D eigenvalue weighted by Crippen LogP contribution is -2.23. The molecule has 0 fully saturated rings. The summed E-state index contributed by atoms with van der Waals surface area (Å²) in [7, 11) is 0. The predicted molar refractivity (Wildman–Crippen MR) is 74.3 cm³/mol. The van der Waals surface area contributed by atoms with Crippen LogP contribution < -0.4 is 5.32 Å². The largest absolute Gasteiger partial charge is 0.340 e. The molecule has 3 nitrogen and oxygen atoms in total. The van der Waals surface area contributed by atoms with Crippen LogP contribution in [0.1, 0.15) is 10.5 Å². The summed E-state index contributed by atoms with van der Waals surface area (Å²) in [5.74, 6) is 2.11. The Labute approximate surface area is 115 Å². The third kappa shape index (κ3) is 2.94. The summed E-state index contributed by atoms with van der Waals surface area (Å²) in [6, 6.07) is 1.98. The maximum atomic E-state index is 11.6. The van der Waals surface area contributed by atoms with E-state index in [4.69, 9.17) is 6.42 Å². The molecule has 1 amide bonds. The van der Waals surface area contributed by atoms with Crippen molar-refractivity contribution >= 4 is 44.5 Å². The highest BCUT2D eigenvalue weighted by Crippen LogP contribution is 2.31. The molecule has 0 aliphatic heterocycles. The molecule has 2 heterocycles. The van der Waals surface area contributed by atoms with Gasteiger partial charge in [-0.25, -0.2) is 4.98 Å². The smallest absolute Gasteiger partial charge is 0.271 e. The van der Waals surface area contributed by atoms with E-state index < -0.39 is 0 Å². The van der Waals surface area contributed by atoms with Crippen LogP contribution in [-0.4, -0.2) is 17.4 Å². The molecule has 0 atom stereocenters. The fourth-order valence-electron chi connectivity index (χ4n) is 1.14. The molecule has 2 aromatic rings. The minimum atomic E-state index is -0.235. The van der Waals surface area contributed by atoms with E-state index in [0.717, 1.165) is 14.4 Å². The van der Waals surface area contributed by atoms with E-state index in [-0.39, 0.29) is 12.5 Å². The van der Waals surface area contributed by atoms with Crippen molar-refractivity contribution in [2.24, 2.45) is 0 Å². The van der Waals surface area contributed by atoms with Crippen molar-refractivity contribution < 1.29 is 4.79 Å². The van der Waals surface area contributed by atoms with E-state index >= 15 is 0 Å². The van der Waals surface area contributed by atoms with E-state index in [2.05, 4.69) is 32.2 Å². The van der Waals surface area contributed by atoms with Gasteiger partial charge in [0.1, 0.15) is 10.7 Å². The number of terminal acetylenes is 1. The summed E-state index contributed by atoms with van der Waals surface area (Å²) < 4.78 is 1.02. The second kappa shape index (κ2) is 5.45. The minimum absolute atomic E-state index is 0.218.